The molecule has 17 heavy (non-hydrogen) atoms. The van der Waals surface area contributed by atoms with E-state index in [1.165, 1.54) is 0 Å². The van der Waals surface area contributed by atoms with Crippen LogP contribution in [0.3, 0.4) is 0 Å². The van der Waals surface area contributed by atoms with Gasteiger partial charge in [-0.2, -0.15) is 0 Å². The van der Waals surface area contributed by atoms with Crippen molar-refractivity contribution in [1.29, 1.82) is 0 Å². The lowest BCUT2D eigenvalue weighted by Crippen LogP contribution is -2.29. The van der Waals surface area contributed by atoms with Gasteiger partial charge in [-0.15, -0.1) is 0 Å². The number of amides is 1. The van der Waals surface area contributed by atoms with E-state index in [-0.39, 0.29) is 17.9 Å². The summed E-state index contributed by atoms with van der Waals surface area (Å²) in [5.41, 5.74) is 6.58. The topological polar surface area (TPSA) is 55.1 Å². The molecule has 0 aliphatic heterocycles. The molecule has 0 aliphatic rings. The summed E-state index contributed by atoms with van der Waals surface area (Å²) in [6.45, 7) is 4.49. The summed E-state index contributed by atoms with van der Waals surface area (Å²) in [5, 5.41) is 2.98. The maximum atomic E-state index is 11.7. The number of hydrogen-bond acceptors (Lipinski definition) is 2. The number of nitrogens with two attached hydrogens (primary N) is 1. The second kappa shape index (κ2) is 6.77. The van der Waals surface area contributed by atoms with Crippen molar-refractivity contribution in [3.8, 4) is 0 Å². The molecular formula is C13H19BrN2O. The normalized spacial score (nSPS) is 14.1. The van der Waals surface area contributed by atoms with Gasteiger partial charge in [0.25, 0.3) is 0 Å². The first kappa shape index (κ1) is 14.2. The second-order valence-corrected chi connectivity index (χ2v) is 5.21. The van der Waals surface area contributed by atoms with E-state index in [0.29, 0.717) is 13.0 Å². The molecule has 1 amide bonds. The summed E-state index contributed by atoms with van der Waals surface area (Å²) < 4.78 is 1.01. The number of rotatable bonds is 5. The van der Waals surface area contributed by atoms with Gasteiger partial charge in [-0.25, -0.2) is 0 Å². The largest absolute Gasteiger partial charge is 0.350 e. The van der Waals surface area contributed by atoms with Crippen LogP contribution >= 0.6 is 15.9 Å². The fraction of sp³-hybridized carbons (Fsp3) is 0.462. The van der Waals surface area contributed by atoms with Gasteiger partial charge in [0.05, 0.1) is 6.04 Å². The summed E-state index contributed by atoms with van der Waals surface area (Å²) >= 11 is 3.48. The molecule has 0 fully saturated rings. The molecule has 4 heteroatoms. The molecular weight excluding hydrogens is 280 g/mol. The number of halogens is 1. The summed E-state index contributed by atoms with van der Waals surface area (Å²) in [5.74, 6) is 0.271. The first-order chi connectivity index (χ1) is 8.04. The molecule has 2 atom stereocenters. The molecule has 0 saturated carbocycles. The van der Waals surface area contributed by atoms with Crippen LogP contribution in [0.5, 0.6) is 0 Å². The van der Waals surface area contributed by atoms with Crippen LogP contribution in [0.1, 0.15) is 31.9 Å². The summed E-state index contributed by atoms with van der Waals surface area (Å²) in [4.78, 5) is 11.7. The number of carbonyl (C=O) groups excluding carboxylic acids is 1. The zero-order chi connectivity index (χ0) is 12.8. The molecule has 0 radical (unpaired) electrons. The zero-order valence-corrected chi connectivity index (χ0v) is 11.8. The van der Waals surface area contributed by atoms with E-state index in [1.54, 1.807) is 0 Å². The molecule has 0 spiro atoms. The monoisotopic (exact) mass is 298 g/mol. The molecule has 1 rings (SSSR count). The van der Waals surface area contributed by atoms with Crippen molar-refractivity contribution in [2.45, 2.75) is 26.3 Å². The van der Waals surface area contributed by atoms with Crippen LogP contribution in [0, 0.1) is 5.92 Å². The molecule has 3 nitrogen and oxygen atoms in total. The highest BCUT2D eigenvalue weighted by molar-refractivity contribution is 9.10. The van der Waals surface area contributed by atoms with Gasteiger partial charge in [-0.05, 0) is 31.0 Å². The van der Waals surface area contributed by atoms with Gasteiger partial charge < -0.3 is 11.1 Å². The van der Waals surface area contributed by atoms with Gasteiger partial charge in [-0.3, -0.25) is 4.79 Å². The molecule has 0 bridgehead atoms. The number of carbonyl (C=O) groups is 1. The summed E-state index contributed by atoms with van der Waals surface area (Å²) in [7, 11) is 0. The van der Waals surface area contributed by atoms with Gasteiger partial charge in [0, 0.05) is 10.9 Å². The molecule has 3 N–H and O–H groups in total. The highest BCUT2D eigenvalue weighted by Crippen LogP contribution is 2.22. The summed E-state index contributed by atoms with van der Waals surface area (Å²) in [6, 6.07) is 7.90. The van der Waals surface area contributed by atoms with Crippen LogP contribution in [-0.2, 0) is 4.79 Å². The number of nitrogens with one attached hydrogen (secondary N) is 1. The van der Waals surface area contributed by atoms with Crippen molar-refractivity contribution in [2.24, 2.45) is 11.7 Å². The number of hydrogen-bond donors (Lipinski definition) is 2. The smallest absolute Gasteiger partial charge is 0.220 e. The van der Waals surface area contributed by atoms with Crippen molar-refractivity contribution in [3.63, 3.8) is 0 Å². The molecule has 2 unspecified atom stereocenters. The maximum absolute atomic E-state index is 11.7. The highest BCUT2D eigenvalue weighted by atomic mass is 79.9. The molecule has 0 saturated heterocycles. The van der Waals surface area contributed by atoms with E-state index < -0.39 is 0 Å². The van der Waals surface area contributed by atoms with Crippen molar-refractivity contribution in [2.75, 3.05) is 6.54 Å². The predicted molar refractivity (Wildman–Crippen MR) is 73.5 cm³/mol. The molecule has 0 aromatic heterocycles. The minimum Gasteiger partial charge on any atom is -0.350 e. The van der Waals surface area contributed by atoms with Gasteiger partial charge in [0.15, 0.2) is 0 Å². The van der Waals surface area contributed by atoms with Crippen molar-refractivity contribution < 1.29 is 4.79 Å². The van der Waals surface area contributed by atoms with E-state index in [0.717, 1.165) is 10.0 Å². The Kier molecular flexibility index (Phi) is 5.65. The highest BCUT2D eigenvalue weighted by Gasteiger charge is 2.13. The van der Waals surface area contributed by atoms with Gasteiger partial charge in [-0.1, -0.05) is 41.1 Å². The maximum Gasteiger partial charge on any atom is 0.220 e. The Balaban J connectivity index is 2.58. The minimum atomic E-state index is 0.00282. The zero-order valence-electron chi connectivity index (χ0n) is 10.2. The second-order valence-electron chi connectivity index (χ2n) is 4.36. The quantitative estimate of drug-likeness (QED) is 0.878. The molecule has 0 aliphatic carbocycles. The Bertz CT molecular complexity index is 381. The van der Waals surface area contributed by atoms with Crippen LogP contribution < -0.4 is 11.1 Å². The van der Waals surface area contributed by atoms with Crippen molar-refractivity contribution in [3.05, 3.63) is 34.3 Å². The average Bonchev–Trinajstić information content (AvgIpc) is 2.29. The molecule has 0 heterocycles. The fourth-order valence-corrected chi connectivity index (χ4v) is 2.23. The third kappa shape index (κ3) is 4.48. The lowest BCUT2D eigenvalue weighted by atomic mass is 10.1. The van der Waals surface area contributed by atoms with E-state index in [2.05, 4.69) is 21.2 Å². The third-order valence-corrected chi connectivity index (χ3v) is 3.41. The minimum absolute atomic E-state index is 0.00282. The van der Waals surface area contributed by atoms with Crippen molar-refractivity contribution in [1.82, 2.24) is 5.32 Å². The lowest BCUT2D eigenvalue weighted by Gasteiger charge is -2.17. The Morgan fingerprint density at radius 3 is 2.65 bits per heavy atom. The lowest BCUT2D eigenvalue weighted by molar-refractivity contribution is -0.122. The number of benzene rings is 1. The molecule has 1 aromatic carbocycles. The Morgan fingerprint density at radius 2 is 2.06 bits per heavy atom. The fourth-order valence-electron chi connectivity index (χ4n) is 1.60. The van der Waals surface area contributed by atoms with Gasteiger partial charge >= 0.3 is 0 Å². The van der Waals surface area contributed by atoms with Crippen LogP contribution in [0.2, 0.25) is 0 Å². The Labute approximate surface area is 111 Å². The average molecular weight is 299 g/mol. The van der Waals surface area contributed by atoms with E-state index in [4.69, 9.17) is 5.73 Å². The van der Waals surface area contributed by atoms with E-state index >= 15 is 0 Å². The SMILES string of the molecule is CC(CN)CC(=O)NC(C)c1ccccc1Br. The third-order valence-electron chi connectivity index (χ3n) is 2.69. The first-order valence-corrected chi connectivity index (χ1v) is 6.57. The summed E-state index contributed by atoms with van der Waals surface area (Å²) in [6.07, 6.45) is 0.477. The van der Waals surface area contributed by atoms with Gasteiger partial charge in [0.2, 0.25) is 5.91 Å². The van der Waals surface area contributed by atoms with Gasteiger partial charge in [0.1, 0.15) is 0 Å². The van der Waals surface area contributed by atoms with Crippen LogP contribution in [0.4, 0.5) is 0 Å². The molecule has 94 valence electrons. The van der Waals surface area contributed by atoms with Crippen molar-refractivity contribution >= 4 is 21.8 Å². The first-order valence-electron chi connectivity index (χ1n) is 5.78. The van der Waals surface area contributed by atoms with Crippen LogP contribution in [-0.4, -0.2) is 12.5 Å². The standard InChI is InChI=1S/C13H19BrN2O/c1-9(8-15)7-13(17)16-10(2)11-5-3-4-6-12(11)14/h3-6,9-10H,7-8,15H2,1-2H3,(H,16,17). The van der Waals surface area contributed by atoms with E-state index in [1.807, 2.05) is 38.1 Å². The van der Waals surface area contributed by atoms with E-state index in [9.17, 15) is 4.79 Å². The predicted octanol–water partition coefficient (Wildman–Crippen LogP) is 2.61. The molecule has 1 aromatic rings. The Hall–Kier alpha value is -0.870. The van der Waals surface area contributed by atoms with Crippen LogP contribution in [0.25, 0.3) is 0 Å². The van der Waals surface area contributed by atoms with Crippen LogP contribution in [0.15, 0.2) is 28.7 Å². The Morgan fingerprint density at radius 1 is 1.41 bits per heavy atom.